The fraction of sp³-hybridized carbons (Fsp3) is 0.667. The second-order valence-electron chi connectivity index (χ2n) is 6.08. The molecule has 1 aliphatic heterocycles. The minimum absolute atomic E-state index is 0.282. The van der Waals surface area contributed by atoms with Gasteiger partial charge in [-0.25, -0.2) is 4.99 Å². The molecule has 0 bridgehead atoms. The number of likely N-dealkylation sites (tertiary alicyclic amines) is 1. The van der Waals surface area contributed by atoms with Crippen molar-refractivity contribution < 1.29 is 0 Å². The summed E-state index contributed by atoms with van der Waals surface area (Å²) in [4.78, 5) is 10.6. The minimum Gasteiger partial charge on any atom is -0.369 e. The average molecular weight is 277 g/mol. The summed E-state index contributed by atoms with van der Waals surface area (Å²) in [6, 6.07) is 0.427. The second-order valence-corrected chi connectivity index (χ2v) is 6.08. The first-order valence-corrected chi connectivity index (χ1v) is 7.21. The molecule has 5 nitrogen and oxygen atoms in total. The Labute approximate surface area is 122 Å². The van der Waals surface area contributed by atoms with Crippen molar-refractivity contribution in [1.82, 2.24) is 4.90 Å². The number of hydrogen-bond donors (Lipinski definition) is 2. The van der Waals surface area contributed by atoms with Crippen LogP contribution in [0.2, 0.25) is 0 Å². The number of piperidine rings is 1. The zero-order valence-electron chi connectivity index (χ0n) is 13.1. The van der Waals surface area contributed by atoms with Crippen LogP contribution in [0.3, 0.4) is 0 Å². The van der Waals surface area contributed by atoms with Crippen LogP contribution in [0, 0.1) is 10.8 Å². The van der Waals surface area contributed by atoms with Crippen molar-refractivity contribution in [3.63, 3.8) is 0 Å². The Morgan fingerprint density at radius 2 is 2.05 bits per heavy atom. The van der Waals surface area contributed by atoms with E-state index in [9.17, 15) is 0 Å². The lowest BCUT2D eigenvalue weighted by atomic mass is 9.82. The summed E-state index contributed by atoms with van der Waals surface area (Å²) in [6.07, 6.45) is 7.55. The fourth-order valence-electron chi connectivity index (χ4n) is 2.30. The van der Waals surface area contributed by atoms with Crippen LogP contribution in [0.5, 0.6) is 0 Å². The normalized spacial score (nSPS) is 24.2. The quantitative estimate of drug-likeness (QED) is 0.612. The third-order valence-electron chi connectivity index (χ3n) is 3.71. The predicted octanol–water partition coefficient (Wildman–Crippen LogP) is 2.78. The number of hydrogen-bond acceptors (Lipinski definition) is 3. The molecule has 0 saturated carbocycles. The minimum atomic E-state index is 0.282. The van der Waals surface area contributed by atoms with Gasteiger partial charge in [0.05, 0.1) is 5.71 Å². The zero-order chi connectivity index (χ0) is 15.2. The van der Waals surface area contributed by atoms with Gasteiger partial charge < -0.3 is 16.0 Å². The third kappa shape index (κ3) is 4.79. The van der Waals surface area contributed by atoms with Crippen molar-refractivity contribution in [3.05, 3.63) is 12.4 Å². The van der Waals surface area contributed by atoms with Gasteiger partial charge in [-0.1, -0.05) is 20.8 Å². The van der Waals surface area contributed by atoms with Crippen LogP contribution in [0.25, 0.3) is 0 Å². The molecule has 1 heterocycles. The maximum absolute atomic E-state index is 7.15. The van der Waals surface area contributed by atoms with Crippen molar-refractivity contribution in [2.75, 3.05) is 6.54 Å². The first kappa shape index (κ1) is 16.4. The van der Waals surface area contributed by atoms with Gasteiger partial charge in [0.2, 0.25) is 0 Å². The maximum atomic E-state index is 7.15. The van der Waals surface area contributed by atoms with E-state index < -0.39 is 0 Å². The number of guanidine groups is 1. The van der Waals surface area contributed by atoms with Gasteiger partial charge in [-0.2, -0.15) is 0 Å². The fourth-order valence-corrected chi connectivity index (χ4v) is 2.30. The Hall–Kier alpha value is -1.65. The van der Waals surface area contributed by atoms with E-state index in [0.717, 1.165) is 25.1 Å². The average Bonchev–Trinajstić information content (AvgIpc) is 2.41. The van der Waals surface area contributed by atoms with Crippen LogP contribution >= 0.6 is 0 Å². The molecule has 112 valence electrons. The molecular weight excluding hydrogens is 250 g/mol. The number of rotatable bonds is 4. The van der Waals surface area contributed by atoms with Crippen molar-refractivity contribution in [3.8, 4) is 0 Å². The van der Waals surface area contributed by atoms with Crippen LogP contribution < -0.4 is 5.73 Å². The molecular formula is C15H27N5. The number of aliphatic imine (C=N–C) groups is 2. The molecule has 0 radical (unpaired) electrons. The summed E-state index contributed by atoms with van der Waals surface area (Å²) in [5.74, 6) is 0.546. The van der Waals surface area contributed by atoms with Crippen LogP contribution in [-0.4, -0.2) is 35.4 Å². The van der Waals surface area contributed by atoms with E-state index in [1.165, 1.54) is 12.6 Å². The number of nitrogens with two attached hydrogens (primary N) is 1. The van der Waals surface area contributed by atoms with E-state index in [1.807, 2.05) is 6.92 Å². The molecule has 1 unspecified atom stereocenters. The molecule has 0 aromatic heterocycles. The van der Waals surface area contributed by atoms with Crippen LogP contribution in [-0.2, 0) is 0 Å². The topological polar surface area (TPSA) is 77.8 Å². The van der Waals surface area contributed by atoms with Gasteiger partial charge in [0.15, 0.2) is 5.96 Å². The smallest absolute Gasteiger partial charge is 0.196 e. The summed E-state index contributed by atoms with van der Waals surface area (Å²) in [6.45, 7) is 9.60. The standard InChI is InChI=1S/C15H27N5/c1-5-13(10-16)18-8-9-19-14(17)20-11-15(3,4)7-6-12(20)2/h8-10,12,16H,5-7,11H2,1-4H3,(H2,17,19)/b9-8-,16-10?,18-13?. The molecule has 0 spiro atoms. The molecule has 1 saturated heterocycles. The highest BCUT2D eigenvalue weighted by Gasteiger charge is 2.31. The summed E-state index contributed by atoms with van der Waals surface area (Å²) in [7, 11) is 0. The van der Waals surface area contributed by atoms with Crippen LogP contribution in [0.15, 0.2) is 22.4 Å². The molecule has 0 amide bonds. The molecule has 5 heteroatoms. The Kier molecular flexibility index (Phi) is 5.92. The van der Waals surface area contributed by atoms with E-state index >= 15 is 0 Å². The Bertz CT molecular complexity index is 420. The third-order valence-corrected chi connectivity index (χ3v) is 3.71. The van der Waals surface area contributed by atoms with Crippen molar-refractivity contribution in [2.45, 2.75) is 53.0 Å². The lowest BCUT2D eigenvalue weighted by molar-refractivity contribution is 0.132. The van der Waals surface area contributed by atoms with E-state index in [2.05, 4.69) is 35.7 Å². The summed E-state index contributed by atoms with van der Waals surface area (Å²) in [5.41, 5.74) is 7.08. The molecule has 0 aromatic carbocycles. The predicted molar refractivity (Wildman–Crippen MR) is 86.5 cm³/mol. The highest BCUT2D eigenvalue weighted by Crippen LogP contribution is 2.31. The van der Waals surface area contributed by atoms with Gasteiger partial charge >= 0.3 is 0 Å². The van der Waals surface area contributed by atoms with E-state index in [-0.39, 0.29) is 5.41 Å². The monoisotopic (exact) mass is 277 g/mol. The van der Waals surface area contributed by atoms with Crippen molar-refractivity contribution >= 4 is 17.9 Å². The highest BCUT2D eigenvalue weighted by molar-refractivity contribution is 6.29. The molecule has 0 aromatic rings. The number of nitrogens with zero attached hydrogens (tertiary/aromatic N) is 3. The van der Waals surface area contributed by atoms with Crippen molar-refractivity contribution in [1.29, 1.82) is 5.41 Å². The first-order chi connectivity index (χ1) is 9.39. The summed E-state index contributed by atoms with van der Waals surface area (Å²) < 4.78 is 0. The first-order valence-electron chi connectivity index (χ1n) is 7.21. The Morgan fingerprint density at radius 3 is 2.65 bits per heavy atom. The summed E-state index contributed by atoms with van der Waals surface area (Å²) >= 11 is 0. The lowest BCUT2D eigenvalue weighted by Crippen LogP contribution is -2.51. The molecule has 20 heavy (non-hydrogen) atoms. The number of nitrogens with one attached hydrogen (secondary N) is 1. The Balaban J connectivity index is 2.70. The lowest BCUT2D eigenvalue weighted by Gasteiger charge is -2.42. The molecule has 3 N–H and O–H groups in total. The highest BCUT2D eigenvalue weighted by atomic mass is 15.3. The Morgan fingerprint density at radius 1 is 1.40 bits per heavy atom. The largest absolute Gasteiger partial charge is 0.369 e. The van der Waals surface area contributed by atoms with E-state index in [1.54, 1.807) is 12.4 Å². The SMILES string of the molecule is CCC(C=N)=N/C=C\N=C(N)N1CC(C)(C)CCC1C. The van der Waals surface area contributed by atoms with E-state index in [0.29, 0.717) is 12.0 Å². The molecule has 1 rings (SSSR count). The molecule has 0 aliphatic carbocycles. The summed E-state index contributed by atoms with van der Waals surface area (Å²) in [5, 5.41) is 7.15. The van der Waals surface area contributed by atoms with Gasteiger partial charge in [-0.15, -0.1) is 0 Å². The second kappa shape index (κ2) is 7.22. The van der Waals surface area contributed by atoms with Crippen LogP contribution in [0.4, 0.5) is 0 Å². The maximum Gasteiger partial charge on any atom is 0.196 e. The van der Waals surface area contributed by atoms with Gasteiger partial charge in [0.1, 0.15) is 0 Å². The van der Waals surface area contributed by atoms with Crippen molar-refractivity contribution in [2.24, 2.45) is 21.1 Å². The van der Waals surface area contributed by atoms with Crippen LogP contribution in [0.1, 0.15) is 47.0 Å². The van der Waals surface area contributed by atoms with Gasteiger partial charge in [-0.05, 0) is 31.6 Å². The molecule has 1 fully saturated rings. The van der Waals surface area contributed by atoms with E-state index in [4.69, 9.17) is 11.1 Å². The molecule has 1 atom stereocenters. The van der Waals surface area contributed by atoms with Gasteiger partial charge in [0.25, 0.3) is 0 Å². The zero-order valence-corrected chi connectivity index (χ0v) is 13.1. The van der Waals surface area contributed by atoms with Gasteiger partial charge in [-0.3, -0.25) is 4.99 Å². The van der Waals surface area contributed by atoms with Gasteiger partial charge in [0, 0.05) is 31.2 Å². The molecule has 1 aliphatic rings.